The number of carbonyl (C=O) groups excluding carboxylic acids is 1. The third-order valence-corrected chi connectivity index (χ3v) is 6.82. The summed E-state index contributed by atoms with van der Waals surface area (Å²) in [5.74, 6) is 1.86. The second-order valence-corrected chi connectivity index (χ2v) is 8.75. The number of aryl methyl sites for hydroxylation is 1. The van der Waals surface area contributed by atoms with Gasteiger partial charge in [0, 0.05) is 63.6 Å². The molecule has 0 aliphatic carbocycles. The van der Waals surface area contributed by atoms with Crippen LogP contribution in [-0.4, -0.2) is 90.4 Å². The summed E-state index contributed by atoms with van der Waals surface area (Å²) < 4.78 is 4.40. The number of hydrogen-bond donors (Lipinski definition) is 2. The van der Waals surface area contributed by atoms with Gasteiger partial charge in [0.15, 0.2) is 5.96 Å². The molecule has 1 aromatic rings. The first kappa shape index (κ1) is 22.7. The van der Waals surface area contributed by atoms with Gasteiger partial charge in [-0.3, -0.25) is 9.79 Å². The molecule has 0 aromatic carbocycles. The normalized spacial score (nSPS) is 19.3. The highest BCUT2D eigenvalue weighted by atomic mass is 32.1. The van der Waals surface area contributed by atoms with Crippen LogP contribution in [0.15, 0.2) is 4.99 Å². The molecule has 2 fully saturated rings. The molecule has 9 nitrogen and oxygen atoms in total. The van der Waals surface area contributed by atoms with E-state index in [0.717, 1.165) is 101 Å². The van der Waals surface area contributed by atoms with Gasteiger partial charge >= 0.3 is 0 Å². The van der Waals surface area contributed by atoms with Crippen molar-refractivity contribution < 1.29 is 4.79 Å². The van der Waals surface area contributed by atoms with Crippen molar-refractivity contribution in [2.75, 3.05) is 64.3 Å². The number of aromatic nitrogens is 2. The fraction of sp³-hybridized carbons (Fsp3) is 0.800. The number of anilines is 1. The van der Waals surface area contributed by atoms with Crippen LogP contribution in [0.2, 0.25) is 0 Å². The average molecular weight is 437 g/mol. The van der Waals surface area contributed by atoms with Gasteiger partial charge in [0.25, 0.3) is 0 Å². The topological polar surface area (TPSA) is 103 Å². The summed E-state index contributed by atoms with van der Waals surface area (Å²) >= 11 is 1.50. The maximum absolute atomic E-state index is 11.3. The second kappa shape index (κ2) is 11.5. The van der Waals surface area contributed by atoms with Crippen LogP contribution >= 0.6 is 11.5 Å². The number of likely N-dealkylation sites (tertiary alicyclic amines) is 1. The van der Waals surface area contributed by atoms with Crippen LogP contribution in [0.1, 0.15) is 38.4 Å². The molecule has 0 bridgehead atoms. The molecular weight excluding hydrogens is 400 g/mol. The highest BCUT2D eigenvalue weighted by Crippen LogP contribution is 2.19. The van der Waals surface area contributed by atoms with Crippen molar-refractivity contribution in [2.45, 2.75) is 39.0 Å². The minimum Gasteiger partial charge on any atom is -0.369 e. The number of hydrogen-bond acceptors (Lipinski definition) is 7. The van der Waals surface area contributed by atoms with Crippen molar-refractivity contribution >= 4 is 28.5 Å². The predicted molar refractivity (Wildman–Crippen MR) is 122 cm³/mol. The van der Waals surface area contributed by atoms with E-state index in [1.165, 1.54) is 11.5 Å². The summed E-state index contributed by atoms with van der Waals surface area (Å²) in [6, 6.07) is 0. The number of guanidine groups is 1. The Labute approximate surface area is 183 Å². The standard InChI is InChI=1S/C20H36N8OS/c1-3-17-24-20(30-25-17)28-14-12-27(13-15-28)19(22-2)23-8-4-5-9-26-10-6-16(7-11-26)18(21)29/h16H,3-15H2,1-2H3,(H2,21,29)(H,22,23). The van der Waals surface area contributed by atoms with Gasteiger partial charge in [-0.15, -0.1) is 0 Å². The lowest BCUT2D eigenvalue weighted by molar-refractivity contribution is -0.123. The van der Waals surface area contributed by atoms with Crippen LogP contribution in [0.5, 0.6) is 0 Å². The van der Waals surface area contributed by atoms with Crippen LogP contribution < -0.4 is 16.0 Å². The molecule has 1 amide bonds. The third kappa shape index (κ3) is 6.28. The highest BCUT2D eigenvalue weighted by Gasteiger charge is 2.23. The number of primary amides is 1. The van der Waals surface area contributed by atoms with Gasteiger partial charge < -0.3 is 25.8 Å². The number of carbonyl (C=O) groups is 1. The maximum atomic E-state index is 11.3. The molecule has 3 N–H and O–H groups in total. The van der Waals surface area contributed by atoms with E-state index in [2.05, 4.69) is 41.3 Å². The fourth-order valence-electron chi connectivity index (χ4n) is 4.06. The quantitative estimate of drug-likeness (QED) is 0.353. The predicted octanol–water partition coefficient (Wildman–Crippen LogP) is 0.775. The van der Waals surface area contributed by atoms with E-state index in [0.29, 0.717) is 0 Å². The van der Waals surface area contributed by atoms with Gasteiger partial charge in [-0.25, -0.2) is 4.98 Å². The Bertz CT molecular complexity index is 693. The first-order valence-electron chi connectivity index (χ1n) is 11.2. The Morgan fingerprint density at radius 3 is 2.53 bits per heavy atom. The van der Waals surface area contributed by atoms with E-state index in [-0.39, 0.29) is 11.8 Å². The molecule has 3 rings (SSSR count). The van der Waals surface area contributed by atoms with Crippen LogP contribution in [0.4, 0.5) is 5.13 Å². The van der Waals surface area contributed by atoms with Gasteiger partial charge in [0.2, 0.25) is 11.0 Å². The zero-order chi connectivity index (χ0) is 21.3. The second-order valence-electron chi connectivity index (χ2n) is 8.02. The summed E-state index contributed by atoms with van der Waals surface area (Å²) in [5, 5.41) is 4.56. The summed E-state index contributed by atoms with van der Waals surface area (Å²) in [5.41, 5.74) is 5.41. The molecule has 0 radical (unpaired) electrons. The Morgan fingerprint density at radius 1 is 1.20 bits per heavy atom. The zero-order valence-corrected chi connectivity index (χ0v) is 19.2. The highest BCUT2D eigenvalue weighted by molar-refractivity contribution is 7.09. The molecule has 3 heterocycles. The molecule has 2 aliphatic heterocycles. The zero-order valence-electron chi connectivity index (χ0n) is 18.3. The molecule has 0 atom stereocenters. The van der Waals surface area contributed by atoms with E-state index >= 15 is 0 Å². The lowest BCUT2D eigenvalue weighted by Crippen LogP contribution is -2.52. The summed E-state index contributed by atoms with van der Waals surface area (Å²) in [4.78, 5) is 27.4. The smallest absolute Gasteiger partial charge is 0.220 e. The molecule has 2 aliphatic rings. The Kier molecular flexibility index (Phi) is 8.68. The van der Waals surface area contributed by atoms with E-state index in [4.69, 9.17) is 5.73 Å². The average Bonchev–Trinajstić information content (AvgIpc) is 3.26. The third-order valence-electron chi connectivity index (χ3n) is 6.01. The number of nitrogens with one attached hydrogen (secondary N) is 1. The van der Waals surface area contributed by atoms with Crippen LogP contribution in [0.3, 0.4) is 0 Å². The lowest BCUT2D eigenvalue weighted by Gasteiger charge is -2.36. The van der Waals surface area contributed by atoms with Crippen molar-refractivity contribution in [3.05, 3.63) is 5.82 Å². The van der Waals surface area contributed by atoms with Crippen molar-refractivity contribution in [3.63, 3.8) is 0 Å². The molecule has 2 saturated heterocycles. The maximum Gasteiger partial charge on any atom is 0.220 e. The largest absolute Gasteiger partial charge is 0.369 e. The van der Waals surface area contributed by atoms with E-state index in [1.54, 1.807) is 0 Å². The molecule has 1 aromatic heterocycles. The number of nitrogens with two attached hydrogens (primary N) is 1. The van der Waals surface area contributed by atoms with Crippen molar-refractivity contribution in [3.8, 4) is 0 Å². The molecule has 10 heteroatoms. The van der Waals surface area contributed by atoms with Crippen LogP contribution in [0, 0.1) is 5.92 Å². The number of unbranched alkanes of at least 4 members (excludes halogenated alkanes) is 1. The van der Waals surface area contributed by atoms with Crippen molar-refractivity contribution in [1.29, 1.82) is 0 Å². The molecule has 30 heavy (non-hydrogen) atoms. The Morgan fingerprint density at radius 2 is 1.93 bits per heavy atom. The number of piperidine rings is 1. The van der Waals surface area contributed by atoms with E-state index in [1.807, 2.05) is 7.05 Å². The van der Waals surface area contributed by atoms with E-state index in [9.17, 15) is 4.79 Å². The minimum absolute atomic E-state index is 0.0762. The molecule has 0 unspecified atom stereocenters. The molecular formula is C20H36N8OS. The number of amides is 1. The Hall–Kier alpha value is -1.94. The number of rotatable bonds is 8. The molecule has 0 saturated carbocycles. The van der Waals surface area contributed by atoms with Crippen molar-refractivity contribution in [2.24, 2.45) is 16.6 Å². The summed E-state index contributed by atoms with van der Waals surface area (Å²) in [6.07, 6.45) is 4.96. The van der Waals surface area contributed by atoms with Gasteiger partial charge in [0.1, 0.15) is 5.82 Å². The van der Waals surface area contributed by atoms with Crippen LogP contribution in [-0.2, 0) is 11.2 Å². The number of piperazine rings is 1. The van der Waals surface area contributed by atoms with Gasteiger partial charge in [0.05, 0.1) is 0 Å². The van der Waals surface area contributed by atoms with Gasteiger partial charge in [-0.05, 0) is 45.3 Å². The monoisotopic (exact) mass is 436 g/mol. The van der Waals surface area contributed by atoms with Crippen LogP contribution in [0.25, 0.3) is 0 Å². The molecule has 0 spiro atoms. The first-order chi connectivity index (χ1) is 14.6. The minimum atomic E-state index is -0.139. The van der Waals surface area contributed by atoms with Gasteiger partial charge in [-0.2, -0.15) is 4.37 Å². The van der Waals surface area contributed by atoms with Gasteiger partial charge in [-0.1, -0.05) is 6.92 Å². The number of nitrogens with zero attached hydrogens (tertiary/aromatic N) is 6. The SMILES string of the molecule is CCc1nsc(N2CCN(C(=NC)NCCCCN3CCC(C(N)=O)CC3)CC2)n1. The lowest BCUT2D eigenvalue weighted by atomic mass is 9.96. The van der Waals surface area contributed by atoms with Crippen molar-refractivity contribution in [1.82, 2.24) is 24.5 Å². The summed E-state index contributed by atoms with van der Waals surface area (Å²) in [6.45, 7) is 9.85. The van der Waals surface area contributed by atoms with E-state index < -0.39 is 0 Å². The fourth-order valence-corrected chi connectivity index (χ4v) is 4.86. The molecule has 168 valence electrons. The summed E-state index contributed by atoms with van der Waals surface area (Å²) in [7, 11) is 1.86. The first-order valence-corrected chi connectivity index (χ1v) is 11.9. The number of aliphatic imine (C=N–C) groups is 1. The Balaban J connectivity index is 1.30.